The monoisotopic (exact) mass is 448 g/mol. The number of carbonyl (C=O) groups excluding carboxylic acids is 1. The second-order valence-corrected chi connectivity index (χ2v) is 11.3. The van der Waals surface area contributed by atoms with E-state index in [1.54, 1.807) is 6.07 Å². The molecule has 0 radical (unpaired) electrons. The molecule has 2 saturated heterocycles. The van der Waals surface area contributed by atoms with E-state index in [1.165, 1.54) is 11.8 Å². The van der Waals surface area contributed by atoms with E-state index in [1.807, 2.05) is 55.1 Å². The molecule has 2 fully saturated rings. The van der Waals surface area contributed by atoms with Crippen molar-refractivity contribution in [1.82, 2.24) is 0 Å². The van der Waals surface area contributed by atoms with E-state index in [4.69, 9.17) is 11.6 Å². The summed E-state index contributed by atoms with van der Waals surface area (Å²) >= 11 is 7.58. The SMILES string of the molecule is Cc1ccc(CC(=O)N=C2S[C@H]3CS(=O)(=O)C[C@@H]3N2c2cc(Cl)ccc2C)cc1. The Morgan fingerprint density at radius 1 is 1.17 bits per heavy atom. The van der Waals surface area contributed by atoms with Crippen molar-refractivity contribution in [3.63, 3.8) is 0 Å². The molecule has 2 aromatic rings. The third-order valence-corrected chi connectivity index (χ3v) is 8.64. The quantitative estimate of drug-likeness (QED) is 0.714. The first kappa shape index (κ1) is 20.4. The molecule has 2 aliphatic rings. The Balaban J connectivity index is 1.67. The van der Waals surface area contributed by atoms with Gasteiger partial charge in [-0.3, -0.25) is 4.79 Å². The van der Waals surface area contributed by atoms with Gasteiger partial charge in [0.05, 0.1) is 24.0 Å². The Kier molecular flexibility index (Phi) is 5.48. The number of hydrogen-bond acceptors (Lipinski definition) is 4. The summed E-state index contributed by atoms with van der Waals surface area (Å²) < 4.78 is 24.4. The van der Waals surface area contributed by atoms with Gasteiger partial charge in [0.15, 0.2) is 15.0 Å². The molecule has 29 heavy (non-hydrogen) atoms. The van der Waals surface area contributed by atoms with E-state index in [0.29, 0.717) is 10.2 Å². The maximum absolute atomic E-state index is 12.7. The van der Waals surface area contributed by atoms with E-state index >= 15 is 0 Å². The average Bonchev–Trinajstić information content (AvgIpc) is 3.10. The average molecular weight is 449 g/mol. The van der Waals surface area contributed by atoms with Gasteiger partial charge in [-0.15, -0.1) is 0 Å². The van der Waals surface area contributed by atoms with E-state index < -0.39 is 9.84 Å². The summed E-state index contributed by atoms with van der Waals surface area (Å²) in [7, 11) is -3.11. The fourth-order valence-corrected chi connectivity index (χ4v) is 7.81. The van der Waals surface area contributed by atoms with Crippen LogP contribution in [0, 0.1) is 13.8 Å². The first-order valence-corrected chi connectivity index (χ1v) is 12.4. The lowest BCUT2D eigenvalue weighted by molar-refractivity contribution is -0.117. The summed E-state index contributed by atoms with van der Waals surface area (Å²) in [4.78, 5) is 18.9. The van der Waals surface area contributed by atoms with Crippen LogP contribution >= 0.6 is 23.4 Å². The molecule has 0 aliphatic carbocycles. The van der Waals surface area contributed by atoms with Crippen LogP contribution in [0.25, 0.3) is 0 Å². The van der Waals surface area contributed by atoms with Gasteiger partial charge in [0.25, 0.3) is 5.91 Å². The molecule has 0 unspecified atom stereocenters. The van der Waals surface area contributed by atoms with Crippen LogP contribution in [0.4, 0.5) is 5.69 Å². The predicted molar refractivity (Wildman–Crippen MR) is 120 cm³/mol. The number of halogens is 1. The lowest BCUT2D eigenvalue weighted by atomic mass is 10.1. The van der Waals surface area contributed by atoms with Gasteiger partial charge in [-0.1, -0.05) is 59.3 Å². The molecule has 0 N–H and O–H groups in total. The minimum absolute atomic E-state index is 0.0573. The fraction of sp³-hybridized carbons (Fsp3) is 0.333. The van der Waals surface area contributed by atoms with Crippen molar-refractivity contribution in [2.45, 2.75) is 31.6 Å². The minimum atomic E-state index is -3.11. The molecule has 2 aliphatic heterocycles. The number of nitrogens with zero attached hydrogens (tertiary/aromatic N) is 2. The smallest absolute Gasteiger partial charge is 0.252 e. The highest BCUT2D eigenvalue weighted by molar-refractivity contribution is 8.16. The highest BCUT2D eigenvalue weighted by Crippen LogP contribution is 2.42. The van der Waals surface area contributed by atoms with Gasteiger partial charge in [-0.25, -0.2) is 8.42 Å². The van der Waals surface area contributed by atoms with Crippen molar-refractivity contribution >= 4 is 50.0 Å². The van der Waals surface area contributed by atoms with Crippen LogP contribution in [0.3, 0.4) is 0 Å². The Bertz CT molecular complexity index is 1100. The lowest BCUT2D eigenvalue weighted by Gasteiger charge is -2.26. The first-order chi connectivity index (χ1) is 13.7. The third kappa shape index (κ3) is 4.37. The first-order valence-electron chi connectivity index (χ1n) is 9.31. The molecular formula is C21H21ClN2O3S2. The van der Waals surface area contributed by atoms with Gasteiger partial charge < -0.3 is 4.90 Å². The van der Waals surface area contributed by atoms with Gasteiger partial charge >= 0.3 is 0 Å². The zero-order chi connectivity index (χ0) is 20.8. The molecule has 0 bridgehead atoms. The van der Waals surface area contributed by atoms with Crippen molar-refractivity contribution in [3.8, 4) is 0 Å². The summed E-state index contributed by atoms with van der Waals surface area (Å²) in [5.74, 6) is -0.0883. The van der Waals surface area contributed by atoms with Gasteiger partial charge in [0.1, 0.15) is 0 Å². The Hall–Kier alpha value is -1.83. The van der Waals surface area contributed by atoms with E-state index in [2.05, 4.69) is 4.99 Å². The fourth-order valence-electron chi connectivity index (χ4n) is 3.72. The summed E-state index contributed by atoms with van der Waals surface area (Å²) in [6, 6.07) is 13.0. The molecule has 0 saturated carbocycles. The van der Waals surface area contributed by atoms with Crippen LogP contribution in [0.5, 0.6) is 0 Å². The van der Waals surface area contributed by atoms with E-state index in [0.717, 1.165) is 22.4 Å². The van der Waals surface area contributed by atoms with Crippen LogP contribution in [0.2, 0.25) is 5.02 Å². The largest absolute Gasteiger partial charge is 0.315 e. The van der Waals surface area contributed by atoms with Crippen LogP contribution in [-0.2, 0) is 21.1 Å². The van der Waals surface area contributed by atoms with Crippen LogP contribution in [0.15, 0.2) is 47.5 Å². The molecular weight excluding hydrogens is 428 g/mol. The second kappa shape index (κ2) is 7.78. The second-order valence-electron chi connectivity index (χ2n) is 7.55. The molecule has 0 aromatic heterocycles. The molecule has 5 nitrogen and oxygen atoms in total. The molecule has 2 atom stereocenters. The Labute approximate surface area is 180 Å². The molecule has 2 aromatic carbocycles. The number of carbonyl (C=O) groups is 1. The zero-order valence-electron chi connectivity index (χ0n) is 16.1. The van der Waals surface area contributed by atoms with Gasteiger partial charge in [0, 0.05) is 16.0 Å². The van der Waals surface area contributed by atoms with Gasteiger partial charge in [0.2, 0.25) is 0 Å². The van der Waals surface area contributed by atoms with Crippen molar-refractivity contribution in [3.05, 3.63) is 64.2 Å². The van der Waals surface area contributed by atoms with Crippen LogP contribution in [0.1, 0.15) is 16.7 Å². The number of amidine groups is 1. The minimum Gasteiger partial charge on any atom is -0.315 e. The molecule has 8 heteroatoms. The number of anilines is 1. The van der Waals surface area contributed by atoms with Crippen molar-refractivity contribution < 1.29 is 13.2 Å². The third-order valence-electron chi connectivity index (χ3n) is 5.19. The zero-order valence-corrected chi connectivity index (χ0v) is 18.5. The normalized spacial score (nSPS) is 24.1. The number of rotatable bonds is 3. The van der Waals surface area contributed by atoms with Crippen molar-refractivity contribution in [2.75, 3.05) is 16.4 Å². The number of fused-ring (bicyclic) bond motifs is 1. The number of amides is 1. The summed E-state index contributed by atoms with van der Waals surface area (Å²) in [6.45, 7) is 3.94. The highest BCUT2D eigenvalue weighted by Gasteiger charge is 2.49. The lowest BCUT2D eigenvalue weighted by Crippen LogP contribution is -2.38. The molecule has 152 valence electrons. The number of benzene rings is 2. The number of thioether (sulfide) groups is 1. The van der Waals surface area contributed by atoms with Gasteiger partial charge in [-0.05, 0) is 37.1 Å². The maximum atomic E-state index is 12.7. The number of aryl methyl sites for hydroxylation is 2. The highest BCUT2D eigenvalue weighted by atomic mass is 35.5. The Morgan fingerprint density at radius 2 is 1.90 bits per heavy atom. The standard InChI is InChI=1S/C21H21ClN2O3S2/c1-13-3-6-15(7-4-13)9-20(25)23-21-24(17-10-16(22)8-5-14(17)2)18-11-29(26,27)12-19(18)28-21/h3-8,10,18-19H,9,11-12H2,1-2H3/t18-,19-/m0/s1. The summed E-state index contributed by atoms with van der Waals surface area (Å²) in [5.41, 5.74) is 3.80. The Morgan fingerprint density at radius 3 is 2.62 bits per heavy atom. The van der Waals surface area contributed by atoms with E-state index in [9.17, 15) is 13.2 Å². The molecule has 4 rings (SSSR count). The van der Waals surface area contributed by atoms with Crippen molar-refractivity contribution in [2.24, 2.45) is 4.99 Å². The van der Waals surface area contributed by atoms with Crippen LogP contribution in [-0.4, -0.2) is 42.3 Å². The number of aliphatic imine (C=N–C) groups is 1. The predicted octanol–water partition coefficient (Wildman–Crippen LogP) is 3.80. The summed E-state index contributed by atoms with van der Waals surface area (Å²) in [6.07, 6.45) is 0.209. The maximum Gasteiger partial charge on any atom is 0.252 e. The van der Waals surface area contributed by atoms with Gasteiger partial charge in [-0.2, -0.15) is 4.99 Å². The summed E-state index contributed by atoms with van der Waals surface area (Å²) in [5, 5.41) is 0.979. The van der Waals surface area contributed by atoms with Crippen molar-refractivity contribution in [1.29, 1.82) is 0 Å². The molecule has 0 spiro atoms. The topological polar surface area (TPSA) is 66.8 Å². The van der Waals surface area contributed by atoms with E-state index in [-0.39, 0.29) is 35.1 Å². The molecule has 1 amide bonds. The number of hydrogen-bond donors (Lipinski definition) is 0. The molecule has 2 heterocycles. The van der Waals surface area contributed by atoms with Crippen LogP contribution < -0.4 is 4.90 Å². The number of sulfone groups is 1.